The number of hydrogen-bond acceptors (Lipinski definition) is 8. The molecule has 0 saturated carbocycles. The lowest BCUT2D eigenvalue weighted by atomic mass is 10.1. The third-order valence-electron chi connectivity index (χ3n) is 5.40. The van der Waals surface area contributed by atoms with Crippen molar-refractivity contribution in [2.75, 3.05) is 39.6 Å². The molecule has 0 fully saturated rings. The minimum absolute atomic E-state index is 0.000494. The Bertz CT molecular complexity index is 1470. The Balaban J connectivity index is 1.19. The van der Waals surface area contributed by atoms with Gasteiger partial charge in [-0.2, -0.15) is 26.3 Å². The molecule has 0 spiro atoms. The molecule has 40 heavy (non-hydrogen) atoms. The molecule has 0 amide bonds. The van der Waals surface area contributed by atoms with E-state index in [1.54, 1.807) is 0 Å². The summed E-state index contributed by atoms with van der Waals surface area (Å²) in [7, 11) is 0. The van der Waals surface area contributed by atoms with Gasteiger partial charge in [-0.25, -0.2) is 9.59 Å². The molecule has 0 N–H and O–H groups in total. The van der Waals surface area contributed by atoms with Crippen molar-refractivity contribution in [3.63, 3.8) is 0 Å². The second-order valence-electron chi connectivity index (χ2n) is 8.19. The molecule has 0 unspecified atom stereocenters. The predicted molar refractivity (Wildman–Crippen MR) is 128 cm³/mol. The smallest absolute Gasteiger partial charge is 0.417 e. The largest absolute Gasteiger partial charge is 0.491 e. The van der Waals surface area contributed by atoms with E-state index in [4.69, 9.17) is 27.8 Å². The fraction of sp³-hybridized carbons (Fsp3) is 0.308. The van der Waals surface area contributed by atoms with Gasteiger partial charge in [-0.15, -0.1) is 0 Å². The quantitative estimate of drug-likeness (QED) is 0.133. The van der Waals surface area contributed by atoms with Gasteiger partial charge in [0.1, 0.15) is 35.9 Å². The second-order valence-corrected chi connectivity index (χ2v) is 8.19. The molecule has 2 aromatic carbocycles. The Labute approximate surface area is 220 Å². The summed E-state index contributed by atoms with van der Waals surface area (Å²) >= 11 is 0. The van der Waals surface area contributed by atoms with Gasteiger partial charge in [0.15, 0.2) is 0 Å². The van der Waals surface area contributed by atoms with Crippen LogP contribution in [0.5, 0.6) is 11.5 Å². The first-order valence-corrected chi connectivity index (χ1v) is 11.6. The van der Waals surface area contributed by atoms with Crippen LogP contribution in [0, 0.1) is 0 Å². The molecule has 0 aliphatic rings. The Morgan fingerprint density at radius 1 is 0.550 bits per heavy atom. The highest BCUT2D eigenvalue weighted by molar-refractivity contribution is 5.83. The molecule has 214 valence electrons. The lowest BCUT2D eigenvalue weighted by molar-refractivity contribution is -0.137. The number of halogens is 6. The van der Waals surface area contributed by atoms with Gasteiger partial charge in [0.25, 0.3) is 0 Å². The highest BCUT2D eigenvalue weighted by Crippen LogP contribution is 2.38. The number of alkyl halides is 6. The summed E-state index contributed by atoms with van der Waals surface area (Å²) in [6.07, 6.45) is -9.39. The average molecular weight is 574 g/mol. The van der Waals surface area contributed by atoms with E-state index in [-0.39, 0.29) is 73.1 Å². The lowest BCUT2D eigenvalue weighted by Gasteiger charge is -2.13. The van der Waals surface area contributed by atoms with Crippen molar-refractivity contribution in [1.29, 1.82) is 0 Å². The molecule has 0 aliphatic heterocycles. The molecule has 2 heterocycles. The SMILES string of the molecule is O=c1ccc2c(C(F)(F)F)cc(OCCOCCOCCOc3cc(C(F)(F)F)c4ccc(=O)oc4c3)cc2o1. The van der Waals surface area contributed by atoms with Gasteiger partial charge in [-0.1, -0.05) is 0 Å². The summed E-state index contributed by atoms with van der Waals surface area (Å²) in [6.45, 7) is -0.0432. The molecule has 0 atom stereocenters. The number of rotatable bonds is 11. The standard InChI is InChI=1S/C26H20F6O8/c27-25(28,29)19-11-15(13-21-17(19)1-3-23(33)39-21)37-9-7-35-5-6-36-8-10-38-16-12-20(26(30,31)32)18-2-4-24(34)40-22(18)14-16/h1-4,11-14H,5-10H2. The van der Waals surface area contributed by atoms with E-state index in [9.17, 15) is 35.9 Å². The van der Waals surface area contributed by atoms with Crippen molar-refractivity contribution in [3.05, 3.63) is 80.5 Å². The maximum absolute atomic E-state index is 13.4. The molecule has 4 aromatic rings. The van der Waals surface area contributed by atoms with Crippen LogP contribution >= 0.6 is 0 Å². The van der Waals surface area contributed by atoms with Crippen LogP contribution in [0.2, 0.25) is 0 Å². The summed E-state index contributed by atoms with van der Waals surface area (Å²) in [5, 5.41) is -0.547. The van der Waals surface area contributed by atoms with Crippen LogP contribution in [0.1, 0.15) is 11.1 Å². The zero-order valence-electron chi connectivity index (χ0n) is 20.4. The monoisotopic (exact) mass is 574 g/mol. The molecule has 0 aliphatic carbocycles. The Morgan fingerprint density at radius 2 is 0.925 bits per heavy atom. The van der Waals surface area contributed by atoms with Gasteiger partial charge in [-0.3, -0.25) is 0 Å². The van der Waals surface area contributed by atoms with Crippen molar-refractivity contribution in [2.24, 2.45) is 0 Å². The van der Waals surface area contributed by atoms with Gasteiger partial charge in [0.05, 0.1) is 37.6 Å². The van der Waals surface area contributed by atoms with Gasteiger partial charge in [0.2, 0.25) is 0 Å². The summed E-state index contributed by atoms with van der Waals surface area (Å²) in [6, 6.07) is 7.80. The lowest BCUT2D eigenvalue weighted by Crippen LogP contribution is -2.14. The fourth-order valence-electron chi connectivity index (χ4n) is 3.70. The van der Waals surface area contributed by atoms with Crippen LogP contribution < -0.4 is 20.7 Å². The van der Waals surface area contributed by atoms with Crippen LogP contribution in [-0.4, -0.2) is 39.6 Å². The molecule has 8 nitrogen and oxygen atoms in total. The van der Waals surface area contributed by atoms with Crippen LogP contribution in [0.25, 0.3) is 21.9 Å². The first-order chi connectivity index (χ1) is 18.9. The third kappa shape index (κ3) is 7.33. The van der Waals surface area contributed by atoms with Gasteiger partial charge < -0.3 is 27.8 Å². The molecule has 14 heteroatoms. The molecule has 0 bridgehead atoms. The maximum atomic E-state index is 13.4. The zero-order chi connectivity index (χ0) is 28.9. The van der Waals surface area contributed by atoms with Gasteiger partial charge >= 0.3 is 23.6 Å². The summed E-state index contributed by atoms with van der Waals surface area (Å²) in [5.41, 5.74) is -4.16. The molecule has 0 saturated heterocycles. The topological polar surface area (TPSA) is 97.3 Å². The highest BCUT2D eigenvalue weighted by Gasteiger charge is 2.35. The minimum atomic E-state index is -4.69. The third-order valence-corrected chi connectivity index (χ3v) is 5.40. The number of fused-ring (bicyclic) bond motifs is 2. The predicted octanol–water partition coefficient (Wildman–Crippen LogP) is 5.43. The number of ether oxygens (including phenoxy) is 4. The zero-order valence-corrected chi connectivity index (χ0v) is 20.4. The van der Waals surface area contributed by atoms with Crippen LogP contribution in [-0.2, 0) is 21.8 Å². The molecule has 4 rings (SSSR count). The highest BCUT2D eigenvalue weighted by atomic mass is 19.4. The first kappa shape index (κ1) is 29.0. The second kappa shape index (κ2) is 12.0. The number of benzene rings is 2. The maximum Gasteiger partial charge on any atom is 0.417 e. The van der Waals surface area contributed by atoms with E-state index >= 15 is 0 Å². The van der Waals surface area contributed by atoms with E-state index in [1.165, 1.54) is 12.1 Å². The fourth-order valence-corrected chi connectivity index (χ4v) is 3.70. The van der Waals surface area contributed by atoms with E-state index in [2.05, 4.69) is 0 Å². The van der Waals surface area contributed by atoms with Crippen LogP contribution in [0.3, 0.4) is 0 Å². The van der Waals surface area contributed by atoms with Crippen LogP contribution in [0.15, 0.2) is 67.0 Å². The summed E-state index contributed by atoms with van der Waals surface area (Å²) < 4.78 is 111. The van der Waals surface area contributed by atoms with Crippen molar-refractivity contribution >= 4 is 21.9 Å². The van der Waals surface area contributed by atoms with Gasteiger partial charge in [-0.05, 0) is 24.3 Å². The molecular weight excluding hydrogens is 554 g/mol. The Morgan fingerprint density at radius 3 is 1.30 bits per heavy atom. The summed E-state index contributed by atoms with van der Waals surface area (Å²) in [4.78, 5) is 22.8. The van der Waals surface area contributed by atoms with Crippen molar-refractivity contribution in [1.82, 2.24) is 0 Å². The van der Waals surface area contributed by atoms with Gasteiger partial charge in [0, 0.05) is 35.0 Å². The Hall–Kier alpha value is -4.04. The first-order valence-electron chi connectivity index (χ1n) is 11.6. The Kier molecular flexibility index (Phi) is 8.69. The van der Waals surface area contributed by atoms with E-state index < -0.39 is 34.7 Å². The molecule has 2 aromatic heterocycles. The summed E-state index contributed by atoms with van der Waals surface area (Å²) in [5.74, 6) is -0.319. The van der Waals surface area contributed by atoms with Crippen molar-refractivity contribution in [3.8, 4) is 11.5 Å². The van der Waals surface area contributed by atoms with Crippen LogP contribution in [0.4, 0.5) is 26.3 Å². The van der Waals surface area contributed by atoms with E-state index in [1.807, 2.05) is 0 Å². The molecule has 0 radical (unpaired) electrons. The van der Waals surface area contributed by atoms with E-state index in [0.717, 1.165) is 36.4 Å². The minimum Gasteiger partial charge on any atom is -0.491 e. The normalized spacial score (nSPS) is 12.2. The molecular formula is C26H20F6O8. The number of hydrogen-bond donors (Lipinski definition) is 0. The van der Waals surface area contributed by atoms with Crippen molar-refractivity contribution < 1.29 is 54.1 Å². The van der Waals surface area contributed by atoms with E-state index in [0.29, 0.717) is 0 Å². The van der Waals surface area contributed by atoms with Crippen molar-refractivity contribution in [2.45, 2.75) is 12.4 Å². The average Bonchev–Trinajstić information content (AvgIpc) is 2.87.